The van der Waals surface area contributed by atoms with Gasteiger partial charge in [-0.1, -0.05) is 42.5 Å². The van der Waals surface area contributed by atoms with Crippen LogP contribution >= 0.6 is 11.3 Å². The second-order valence-electron chi connectivity index (χ2n) is 7.07. The molecule has 0 atom stereocenters. The number of aromatic nitrogens is 1. The highest BCUT2D eigenvalue weighted by molar-refractivity contribution is 7.13. The first kappa shape index (κ1) is 18.7. The zero-order chi connectivity index (χ0) is 19.3. The minimum Gasteiger partial charge on any atom is -0.322 e. The minimum atomic E-state index is -0.0229. The minimum absolute atomic E-state index is 0.0229. The Balaban J connectivity index is 1.28. The number of amides is 2. The van der Waals surface area contributed by atoms with E-state index in [9.17, 15) is 4.79 Å². The number of nitrogens with one attached hydrogen (secondary N) is 1. The number of urea groups is 1. The Morgan fingerprint density at radius 3 is 2.61 bits per heavy atom. The van der Waals surface area contributed by atoms with E-state index in [2.05, 4.69) is 27.7 Å². The molecule has 3 aromatic rings. The number of hydrogen-bond acceptors (Lipinski definition) is 4. The van der Waals surface area contributed by atoms with Crippen molar-refractivity contribution in [3.8, 4) is 10.6 Å². The number of rotatable bonds is 4. The molecule has 5 nitrogen and oxygen atoms in total. The molecule has 2 aromatic carbocycles. The van der Waals surface area contributed by atoms with Crippen molar-refractivity contribution in [2.45, 2.75) is 13.5 Å². The van der Waals surface area contributed by atoms with Crippen LogP contribution in [0.4, 0.5) is 10.5 Å². The van der Waals surface area contributed by atoms with Gasteiger partial charge in [0.15, 0.2) is 0 Å². The molecular formula is C22H24N4OS. The molecule has 1 fully saturated rings. The summed E-state index contributed by atoms with van der Waals surface area (Å²) < 4.78 is 0. The van der Waals surface area contributed by atoms with E-state index in [1.165, 1.54) is 0 Å². The average Bonchev–Trinajstić information content (AvgIpc) is 3.18. The molecule has 6 heteroatoms. The van der Waals surface area contributed by atoms with Crippen LogP contribution in [-0.4, -0.2) is 47.0 Å². The van der Waals surface area contributed by atoms with Gasteiger partial charge in [-0.05, 0) is 24.6 Å². The molecule has 1 saturated heterocycles. The van der Waals surface area contributed by atoms with E-state index >= 15 is 0 Å². The van der Waals surface area contributed by atoms with E-state index in [1.807, 2.05) is 54.3 Å². The maximum Gasteiger partial charge on any atom is 0.321 e. The van der Waals surface area contributed by atoms with Crippen LogP contribution in [0.5, 0.6) is 0 Å². The quantitative estimate of drug-likeness (QED) is 0.713. The molecule has 0 spiro atoms. The fourth-order valence-corrected chi connectivity index (χ4v) is 4.17. The number of aryl methyl sites for hydroxylation is 1. The molecule has 1 aliphatic rings. The van der Waals surface area contributed by atoms with Gasteiger partial charge in [-0.2, -0.15) is 0 Å². The summed E-state index contributed by atoms with van der Waals surface area (Å²) in [7, 11) is 0. The molecule has 144 valence electrons. The molecule has 4 rings (SSSR count). The van der Waals surface area contributed by atoms with Crippen molar-refractivity contribution >= 4 is 23.1 Å². The molecule has 0 saturated carbocycles. The number of benzene rings is 2. The third-order valence-electron chi connectivity index (χ3n) is 4.89. The monoisotopic (exact) mass is 392 g/mol. The Kier molecular flexibility index (Phi) is 5.69. The lowest BCUT2D eigenvalue weighted by atomic mass is 10.2. The van der Waals surface area contributed by atoms with Crippen LogP contribution in [0.1, 0.15) is 11.3 Å². The predicted molar refractivity (Wildman–Crippen MR) is 115 cm³/mol. The highest BCUT2D eigenvalue weighted by Gasteiger charge is 2.21. The van der Waals surface area contributed by atoms with Crippen LogP contribution in [0.3, 0.4) is 0 Å². The maximum atomic E-state index is 12.5. The topological polar surface area (TPSA) is 48.5 Å². The number of nitrogens with zero attached hydrogens (tertiary/aromatic N) is 3. The van der Waals surface area contributed by atoms with E-state index in [4.69, 9.17) is 4.98 Å². The normalized spacial score (nSPS) is 14.8. The summed E-state index contributed by atoms with van der Waals surface area (Å²) in [5, 5.41) is 6.20. The van der Waals surface area contributed by atoms with Gasteiger partial charge in [0.05, 0.1) is 5.69 Å². The van der Waals surface area contributed by atoms with E-state index in [0.717, 1.165) is 60.2 Å². The maximum absolute atomic E-state index is 12.5. The van der Waals surface area contributed by atoms with Crippen LogP contribution < -0.4 is 5.32 Å². The van der Waals surface area contributed by atoms with Gasteiger partial charge in [-0.3, -0.25) is 4.90 Å². The first-order valence-electron chi connectivity index (χ1n) is 9.52. The van der Waals surface area contributed by atoms with E-state index in [-0.39, 0.29) is 6.03 Å². The second kappa shape index (κ2) is 8.54. The molecule has 0 radical (unpaired) electrons. The van der Waals surface area contributed by atoms with Gasteiger partial charge in [-0.15, -0.1) is 11.3 Å². The lowest BCUT2D eigenvalue weighted by Gasteiger charge is -2.34. The molecule has 2 amide bonds. The van der Waals surface area contributed by atoms with Crippen molar-refractivity contribution < 1.29 is 4.79 Å². The summed E-state index contributed by atoms with van der Waals surface area (Å²) >= 11 is 1.69. The fraction of sp³-hybridized carbons (Fsp3) is 0.273. The molecule has 2 heterocycles. The zero-order valence-corrected chi connectivity index (χ0v) is 16.8. The van der Waals surface area contributed by atoms with Crippen molar-refractivity contribution in [2.24, 2.45) is 0 Å². The van der Waals surface area contributed by atoms with Crippen LogP contribution in [0.15, 0.2) is 60.0 Å². The highest BCUT2D eigenvalue weighted by Crippen LogP contribution is 2.24. The first-order chi connectivity index (χ1) is 13.7. The van der Waals surface area contributed by atoms with Gasteiger partial charge < -0.3 is 10.2 Å². The third kappa shape index (κ3) is 4.58. The number of hydrogen-bond donors (Lipinski definition) is 1. The Bertz CT molecular complexity index is 932. The highest BCUT2D eigenvalue weighted by atomic mass is 32.1. The molecule has 1 N–H and O–H groups in total. The van der Waals surface area contributed by atoms with E-state index < -0.39 is 0 Å². The van der Waals surface area contributed by atoms with Gasteiger partial charge in [0.2, 0.25) is 0 Å². The first-order valence-corrected chi connectivity index (χ1v) is 10.4. The average molecular weight is 393 g/mol. The number of anilines is 1. The van der Waals surface area contributed by atoms with Crippen molar-refractivity contribution in [1.82, 2.24) is 14.8 Å². The lowest BCUT2D eigenvalue weighted by molar-refractivity contribution is 0.142. The van der Waals surface area contributed by atoms with Crippen molar-refractivity contribution in [2.75, 3.05) is 31.5 Å². The molecule has 0 aliphatic carbocycles. The van der Waals surface area contributed by atoms with Crippen LogP contribution in [0.25, 0.3) is 10.6 Å². The SMILES string of the molecule is Cc1cccc(NC(=O)N2CCN(Cc3csc(-c4ccccc4)n3)CC2)c1. The van der Waals surface area contributed by atoms with Crippen LogP contribution in [0, 0.1) is 6.92 Å². The number of thiazole rings is 1. The van der Waals surface area contributed by atoms with Gasteiger partial charge in [0, 0.05) is 49.4 Å². The summed E-state index contributed by atoms with van der Waals surface area (Å²) in [5.74, 6) is 0. The summed E-state index contributed by atoms with van der Waals surface area (Å²) in [6.45, 7) is 6.03. The van der Waals surface area contributed by atoms with Gasteiger partial charge >= 0.3 is 6.03 Å². The standard InChI is InChI=1S/C22H24N4OS/c1-17-6-5-9-19(14-17)24-22(27)26-12-10-25(11-13-26)15-20-16-28-21(23-20)18-7-3-2-4-8-18/h2-9,14,16H,10-13,15H2,1H3,(H,24,27). The predicted octanol–water partition coefficient (Wildman–Crippen LogP) is 4.47. The largest absolute Gasteiger partial charge is 0.322 e. The second-order valence-corrected chi connectivity index (χ2v) is 7.93. The molecule has 1 aromatic heterocycles. The summed E-state index contributed by atoms with van der Waals surface area (Å²) in [6, 6.07) is 18.2. The van der Waals surface area contributed by atoms with E-state index in [1.54, 1.807) is 11.3 Å². The molecule has 1 aliphatic heterocycles. The number of piperazine rings is 1. The van der Waals surface area contributed by atoms with Crippen molar-refractivity contribution in [3.63, 3.8) is 0 Å². The summed E-state index contributed by atoms with van der Waals surface area (Å²) in [6.07, 6.45) is 0. The molecule has 0 bridgehead atoms. The Morgan fingerprint density at radius 2 is 1.86 bits per heavy atom. The zero-order valence-electron chi connectivity index (χ0n) is 16.0. The van der Waals surface area contributed by atoms with Gasteiger partial charge in [-0.25, -0.2) is 9.78 Å². The smallest absolute Gasteiger partial charge is 0.321 e. The Labute approximate surface area is 169 Å². The van der Waals surface area contributed by atoms with Crippen LogP contribution in [-0.2, 0) is 6.54 Å². The number of carbonyl (C=O) groups excluding carboxylic acids is 1. The van der Waals surface area contributed by atoms with Gasteiger partial charge in [0.25, 0.3) is 0 Å². The van der Waals surface area contributed by atoms with Crippen LogP contribution in [0.2, 0.25) is 0 Å². The molecular weight excluding hydrogens is 368 g/mol. The Hall–Kier alpha value is -2.70. The number of carbonyl (C=O) groups is 1. The summed E-state index contributed by atoms with van der Waals surface area (Å²) in [5.41, 5.74) is 4.25. The molecule has 28 heavy (non-hydrogen) atoms. The van der Waals surface area contributed by atoms with Crippen molar-refractivity contribution in [3.05, 3.63) is 71.2 Å². The fourth-order valence-electron chi connectivity index (χ4n) is 3.36. The summed E-state index contributed by atoms with van der Waals surface area (Å²) in [4.78, 5) is 21.5. The lowest BCUT2D eigenvalue weighted by Crippen LogP contribution is -2.49. The molecule has 0 unspecified atom stereocenters. The van der Waals surface area contributed by atoms with Gasteiger partial charge in [0.1, 0.15) is 5.01 Å². The van der Waals surface area contributed by atoms with Crippen molar-refractivity contribution in [1.29, 1.82) is 0 Å². The Morgan fingerprint density at radius 1 is 1.07 bits per heavy atom. The van der Waals surface area contributed by atoms with E-state index in [0.29, 0.717) is 0 Å². The third-order valence-corrected chi connectivity index (χ3v) is 5.83.